The van der Waals surface area contributed by atoms with Crippen LogP contribution in [0.3, 0.4) is 0 Å². The van der Waals surface area contributed by atoms with Gasteiger partial charge in [0.15, 0.2) is 5.75 Å². The molecule has 0 aliphatic heterocycles. The van der Waals surface area contributed by atoms with E-state index < -0.39 is 0 Å². The molecule has 0 N–H and O–H groups in total. The van der Waals surface area contributed by atoms with E-state index in [1.165, 1.54) is 6.07 Å². The van der Waals surface area contributed by atoms with Gasteiger partial charge >= 0.3 is 0 Å². The Morgan fingerprint density at radius 3 is 2.94 bits per heavy atom. The van der Waals surface area contributed by atoms with Crippen LogP contribution in [0, 0.1) is 11.3 Å². The van der Waals surface area contributed by atoms with Crippen LogP contribution in [0.25, 0.3) is 0 Å². The van der Waals surface area contributed by atoms with Crippen LogP contribution in [0.5, 0.6) is 5.75 Å². The Bertz CT molecular complexity index is 463. The highest BCUT2D eigenvalue weighted by molar-refractivity contribution is 6.16. The molecule has 0 unspecified atom stereocenters. The maximum Gasteiger partial charge on any atom is 0.223 e. The number of hydrogen-bond donors (Lipinski definition) is 0. The smallest absolute Gasteiger partial charge is 0.223 e. The summed E-state index contributed by atoms with van der Waals surface area (Å²) in [5.74, 6) is 0.622. The van der Waals surface area contributed by atoms with E-state index >= 15 is 0 Å². The van der Waals surface area contributed by atoms with Gasteiger partial charge in [0.2, 0.25) is 5.43 Å². The first-order chi connectivity index (χ1) is 8.22. The fourth-order valence-corrected chi connectivity index (χ4v) is 1.68. The first kappa shape index (κ1) is 13.6. The van der Waals surface area contributed by atoms with E-state index in [-0.39, 0.29) is 5.43 Å². The van der Waals surface area contributed by atoms with E-state index in [1.807, 2.05) is 17.6 Å². The summed E-state index contributed by atoms with van der Waals surface area (Å²) in [5.41, 5.74) is 0.617. The lowest BCUT2D eigenvalue weighted by Crippen LogP contribution is -2.14. The van der Waals surface area contributed by atoms with Gasteiger partial charge in [0.25, 0.3) is 0 Å². The topological polar surface area (TPSA) is 55.0 Å². The predicted molar refractivity (Wildman–Crippen MR) is 66.3 cm³/mol. The van der Waals surface area contributed by atoms with E-state index in [0.29, 0.717) is 31.1 Å². The summed E-state index contributed by atoms with van der Waals surface area (Å²) in [7, 11) is 0. The molecule has 1 aromatic heterocycles. The summed E-state index contributed by atoms with van der Waals surface area (Å²) < 4.78 is 7.24. The van der Waals surface area contributed by atoms with Crippen molar-refractivity contribution in [2.75, 3.05) is 6.61 Å². The van der Waals surface area contributed by atoms with Crippen LogP contribution in [0.15, 0.2) is 17.1 Å². The maximum absolute atomic E-state index is 11.7. The van der Waals surface area contributed by atoms with Gasteiger partial charge < -0.3 is 9.30 Å². The Hall–Kier alpha value is -1.47. The zero-order valence-electron chi connectivity index (χ0n) is 9.78. The third-order valence-electron chi connectivity index (χ3n) is 2.35. The van der Waals surface area contributed by atoms with E-state index in [1.54, 1.807) is 6.20 Å². The Kier molecular flexibility index (Phi) is 5.58. The number of aromatic nitrogens is 1. The maximum atomic E-state index is 11.7. The molecule has 1 aromatic rings. The quantitative estimate of drug-likeness (QED) is 0.578. The number of aryl methyl sites for hydroxylation is 1. The Labute approximate surface area is 105 Å². The van der Waals surface area contributed by atoms with Gasteiger partial charge in [-0.15, -0.1) is 11.6 Å². The van der Waals surface area contributed by atoms with E-state index in [4.69, 9.17) is 21.6 Å². The van der Waals surface area contributed by atoms with Gasteiger partial charge in [0.05, 0.1) is 24.8 Å². The molecule has 0 amide bonds. The summed E-state index contributed by atoms with van der Waals surface area (Å²) in [6.07, 6.45) is 2.73. The number of pyridine rings is 1. The molecule has 1 heterocycles. The molecule has 17 heavy (non-hydrogen) atoms. The molecule has 4 nitrogen and oxygen atoms in total. The first-order valence-corrected chi connectivity index (χ1v) is 6.05. The zero-order chi connectivity index (χ0) is 12.7. The van der Waals surface area contributed by atoms with Gasteiger partial charge in [-0.05, 0) is 13.3 Å². The number of alkyl halides is 1. The zero-order valence-corrected chi connectivity index (χ0v) is 10.5. The summed E-state index contributed by atoms with van der Waals surface area (Å²) >= 11 is 5.74. The number of nitriles is 1. The van der Waals surface area contributed by atoms with Gasteiger partial charge in [-0.25, -0.2) is 0 Å². The second-order valence-corrected chi connectivity index (χ2v) is 3.79. The summed E-state index contributed by atoms with van der Waals surface area (Å²) in [5, 5.41) is 8.38. The van der Waals surface area contributed by atoms with Crippen molar-refractivity contribution in [3.8, 4) is 11.8 Å². The van der Waals surface area contributed by atoms with Gasteiger partial charge in [0, 0.05) is 24.7 Å². The lowest BCUT2D eigenvalue weighted by atomic mass is 10.3. The monoisotopic (exact) mass is 254 g/mol. The lowest BCUT2D eigenvalue weighted by Gasteiger charge is -2.11. The molecule has 0 aliphatic carbocycles. The standard InChI is InChI=1S/C12H15ClN2O2/c1-2-15-9-12(17-6-4-3-5-14)11(16)7-10(15)8-13/h7,9H,2-4,6,8H2,1H3. The fourth-order valence-electron chi connectivity index (χ4n) is 1.44. The average molecular weight is 255 g/mol. The molecule has 0 fully saturated rings. The third kappa shape index (κ3) is 3.79. The highest BCUT2D eigenvalue weighted by Crippen LogP contribution is 2.09. The Balaban J connectivity index is 2.79. The van der Waals surface area contributed by atoms with Crippen molar-refractivity contribution in [1.29, 1.82) is 5.26 Å². The first-order valence-electron chi connectivity index (χ1n) is 5.52. The van der Waals surface area contributed by atoms with Crippen molar-refractivity contribution in [3.05, 3.63) is 28.2 Å². The summed E-state index contributed by atoms with van der Waals surface area (Å²) in [4.78, 5) is 11.7. The van der Waals surface area contributed by atoms with Crippen molar-refractivity contribution in [2.45, 2.75) is 32.2 Å². The predicted octanol–water partition coefficient (Wildman–Crippen LogP) is 2.29. The fraction of sp³-hybridized carbons (Fsp3) is 0.500. The Morgan fingerprint density at radius 1 is 1.59 bits per heavy atom. The minimum Gasteiger partial charge on any atom is -0.488 e. The molecular weight excluding hydrogens is 240 g/mol. The van der Waals surface area contributed by atoms with E-state index in [0.717, 1.165) is 12.2 Å². The van der Waals surface area contributed by atoms with Crippen LogP contribution >= 0.6 is 11.6 Å². The van der Waals surface area contributed by atoms with E-state index in [9.17, 15) is 4.79 Å². The molecule has 0 spiro atoms. The van der Waals surface area contributed by atoms with Crippen molar-refractivity contribution in [3.63, 3.8) is 0 Å². The number of rotatable bonds is 6. The van der Waals surface area contributed by atoms with Crippen molar-refractivity contribution in [1.82, 2.24) is 4.57 Å². The van der Waals surface area contributed by atoms with Crippen LogP contribution in [0.2, 0.25) is 0 Å². The molecule has 0 aromatic carbocycles. The molecule has 0 saturated heterocycles. The van der Waals surface area contributed by atoms with E-state index in [2.05, 4.69) is 0 Å². The second-order valence-electron chi connectivity index (χ2n) is 3.52. The number of hydrogen-bond acceptors (Lipinski definition) is 3. The summed E-state index contributed by atoms with van der Waals surface area (Å²) in [6.45, 7) is 3.09. The number of nitrogens with zero attached hydrogens (tertiary/aromatic N) is 2. The average Bonchev–Trinajstić information content (AvgIpc) is 2.35. The molecule has 0 atom stereocenters. The van der Waals surface area contributed by atoms with Crippen LogP contribution < -0.4 is 10.2 Å². The molecule has 1 rings (SSSR count). The van der Waals surface area contributed by atoms with Crippen LogP contribution in [0.1, 0.15) is 25.5 Å². The largest absolute Gasteiger partial charge is 0.488 e. The third-order valence-corrected chi connectivity index (χ3v) is 2.62. The number of unbranched alkanes of at least 4 members (excludes halogenated alkanes) is 1. The highest BCUT2D eigenvalue weighted by atomic mass is 35.5. The second kappa shape index (κ2) is 6.97. The van der Waals surface area contributed by atoms with Crippen LogP contribution in [0.4, 0.5) is 0 Å². The minimum absolute atomic E-state index is 0.165. The van der Waals surface area contributed by atoms with Crippen molar-refractivity contribution in [2.24, 2.45) is 0 Å². The summed E-state index contributed by atoms with van der Waals surface area (Å²) in [6, 6.07) is 3.52. The van der Waals surface area contributed by atoms with Crippen LogP contribution in [-0.4, -0.2) is 11.2 Å². The van der Waals surface area contributed by atoms with Crippen LogP contribution in [-0.2, 0) is 12.4 Å². The molecule has 0 bridgehead atoms. The van der Waals surface area contributed by atoms with Gasteiger partial charge in [-0.1, -0.05) is 0 Å². The SMILES string of the molecule is CCn1cc(OCCCC#N)c(=O)cc1CCl. The lowest BCUT2D eigenvalue weighted by molar-refractivity contribution is 0.306. The van der Waals surface area contributed by atoms with Gasteiger partial charge in [-0.3, -0.25) is 4.79 Å². The Morgan fingerprint density at radius 2 is 2.35 bits per heavy atom. The molecule has 5 heteroatoms. The molecular formula is C12H15ClN2O2. The number of halogens is 1. The molecule has 0 aliphatic rings. The minimum atomic E-state index is -0.165. The van der Waals surface area contributed by atoms with Crippen molar-refractivity contribution >= 4 is 11.6 Å². The highest BCUT2D eigenvalue weighted by Gasteiger charge is 2.05. The molecule has 0 saturated carbocycles. The molecule has 92 valence electrons. The van der Waals surface area contributed by atoms with Gasteiger partial charge in [0.1, 0.15) is 0 Å². The number of ether oxygens (including phenoxy) is 1. The normalized spacial score (nSPS) is 9.94. The van der Waals surface area contributed by atoms with Crippen molar-refractivity contribution < 1.29 is 4.74 Å². The molecule has 0 radical (unpaired) electrons. The van der Waals surface area contributed by atoms with Gasteiger partial charge in [-0.2, -0.15) is 5.26 Å².